The summed E-state index contributed by atoms with van der Waals surface area (Å²) < 4.78 is 5.04. The summed E-state index contributed by atoms with van der Waals surface area (Å²) in [7, 11) is 0. The molecule has 1 unspecified atom stereocenters. The van der Waals surface area contributed by atoms with Crippen molar-refractivity contribution < 1.29 is 19.1 Å². The summed E-state index contributed by atoms with van der Waals surface area (Å²) in [4.78, 5) is 39.2. The van der Waals surface area contributed by atoms with E-state index in [9.17, 15) is 14.4 Å². The maximum absolute atomic E-state index is 12.9. The first-order chi connectivity index (χ1) is 14.2. The fourth-order valence-corrected chi connectivity index (χ4v) is 4.57. The highest BCUT2D eigenvalue weighted by atomic mass is 16.6. The standard InChI is InChI=1S/C23H41N3O4/c1-6-30-23(29)26-13-11-19(12-14-26)24-22(28)20(16(4)5)25-21(27)18-9-7-17(8-10-18)15(2)3/h15-20H,6-14H2,1-5H3,(H,24,28)(H,25,27). The minimum atomic E-state index is -0.525. The van der Waals surface area contributed by atoms with Gasteiger partial charge in [0.2, 0.25) is 11.8 Å². The molecule has 0 aromatic heterocycles. The summed E-state index contributed by atoms with van der Waals surface area (Å²) in [5.74, 6) is 1.30. The molecule has 0 bridgehead atoms. The zero-order valence-electron chi connectivity index (χ0n) is 19.4. The van der Waals surface area contributed by atoms with Crippen molar-refractivity contribution in [1.29, 1.82) is 0 Å². The molecule has 1 saturated heterocycles. The Labute approximate surface area is 181 Å². The van der Waals surface area contributed by atoms with Gasteiger partial charge in [0.15, 0.2) is 0 Å². The number of ether oxygens (including phenoxy) is 1. The van der Waals surface area contributed by atoms with Gasteiger partial charge in [0, 0.05) is 25.0 Å². The fourth-order valence-electron chi connectivity index (χ4n) is 4.57. The fraction of sp³-hybridized carbons (Fsp3) is 0.870. The number of hydrogen-bond donors (Lipinski definition) is 2. The summed E-state index contributed by atoms with van der Waals surface area (Å²) in [5.41, 5.74) is 0. The van der Waals surface area contributed by atoms with Crippen LogP contribution in [0.3, 0.4) is 0 Å². The predicted molar refractivity (Wildman–Crippen MR) is 117 cm³/mol. The minimum absolute atomic E-state index is 0.0144. The molecule has 30 heavy (non-hydrogen) atoms. The van der Waals surface area contributed by atoms with Gasteiger partial charge in [0.25, 0.3) is 0 Å². The lowest BCUT2D eigenvalue weighted by Crippen LogP contribution is -2.55. The van der Waals surface area contributed by atoms with Crippen molar-refractivity contribution >= 4 is 17.9 Å². The van der Waals surface area contributed by atoms with Crippen LogP contribution in [-0.2, 0) is 14.3 Å². The molecule has 3 amide bonds. The van der Waals surface area contributed by atoms with E-state index in [1.165, 1.54) is 0 Å². The molecule has 2 fully saturated rings. The molecule has 172 valence electrons. The topological polar surface area (TPSA) is 87.7 Å². The number of piperidine rings is 1. The Balaban J connectivity index is 1.82. The predicted octanol–water partition coefficient (Wildman–Crippen LogP) is 3.33. The number of carbonyl (C=O) groups is 3. The zero-order chi connectivity index (χ0) is 22.3. The lowest BCUT2D eigenvalue weighted by Gasteiger charge is -2.34. The van der Waals surface area contributed by atoms with Crippen LogP contribution in [0.1, 0.15) is 73.1 Å². The molecule has 1 heterocycles. The van der Waals surface area contributed by atoms with E-state index in [-0.39, 0.29) is 35.8 Å². The van der Waals surface area contributed by atoms with Gasteiger partial charge in [0.05, 0.1) is 6.61 Å². The first-order valence-corrected chi connectivity index (χ1v) is 11.7. The van der Waals surface area contributed by atoms with Gasteiger partial charge in [-0.3, -0.25) is 9.59 Å². The maximum atomic E-state index is 12.9. The highest BCUT2D eigenvalue weighted by Gasteiger charge is 2.33. The van der Waals surface area contributed by atoms with Gasteiger partial charge in [-0.05, 0) is 63.2 Å². The Morgan fingerprint density at radius 2 is 1.57 bits per heavy atom. The maximum Gasteiger partial charge on any atom is 0.409 e. The Kier molecular flexibility index (Phi) is 9.43. The second kappa shape index (κ2) is 11.6. The smallest absolute Gasteiger partial charge is 0.409 e. The average Bonchev–Trinajstić information content (AvgIpc) is 2.72. The van der Waals surface area contributed by atoms with E-state index in [2.05, 4.69) is 24.5 Å². The van der Waals surface area contributed by atoms with Crippen molar-refractivity contribution in [2.75, 3.05) is 19.7 Å². The molecule has 2 aliphatic rings. The van der Waals surface area contributed by atoms with Gasteiger partial charge in [-0.2, -0.15) is 0 Å². The van der Waals surface area contributed by atoms with Crippen LogP contribution >= 0.6 is 0 Å². The molecule has 0 aromatic carbocycles. The van der Waals surface area contributed by atoms with Gasteiger partial charge in [0.1, 0.15) is 6.04 Å². The van der Waals surface area contributed by atoms with E-state index >= 15 is 0 Å². The number of likely N-dealkylation sites (tertiary alicyclic amines) is 1. The highest BCUT2D eigenvalue weighted by molar-refractivity contribution is 5.88. The quantitative estimate of drug-likeness (QED) is 0.657. The van der Waals surface area contributed by atoms with E-state index in [0.29, 0.717) is 44.4 Å². The molecule has 7 nitrogen and oxygen atoms in total. The van der Waals surface area contributed by atoms with Crippen LogP contribution in [0.2, 0.25) is 0 Å². The van der Waals surface area contributed by atoms with E-state index in [1.807, 2.05) is 13.8 Å². The summed E-state index contributed by atoms with van der Waals surface area (Å²) in [5, 5.41) is 6.12. The number of nitrogens with zero attached hydrogens (tertiary/aromatic N) is 1. The monoisotopic (exact) mass is 423 g/mol. The Hall–Kier alpha value is -1.79. The molecule has 0 spiro atoms. The second-order valence-electron chi connectivity index (χ2n) is 9.55. The molecule has 2 rings (SSSR count). The summed E-state index contributed by atoms with van der Waals surface area (Å²) in [6, 6.07) is -0.508. The molecule has 7 heteroatoms. The van der Waals surface area contributed by atoms with E-state index in [4.69, 9.17) is 4.74 Å². The van der Waals surface area contributed by atoms with Gasteiger partial charge in [-0.25, -0.2) is 4.79 Å². The number of rotatable bonds is 7. The van der Waals surface area contributed by atoms with E-state index in [0.717, 1.165) is 25.7 Å². The lowest BCUT2D eigenvalue weighted by molar-refractivity contribution is -0.133. The summed E-state index contributed by atoms with van der Waals surface area (Å²) >= 11 is 0. The molecule has 1 aliphatic carbocycles. The van der Waals surface area contributed by atoms with Crippen LogP contribution in [-0.4, -0.2) is 54.6 Å². The van der Waals surface area contributed by atoms with Gasteiger partial charge in [-0.15, -0.1) is 0 Å². The van der Waals surface area contributed by atoms with Crippen LogP contribution in [0.15, 0.2) is 0 Å². The SMILES string of the molecule is CCOC(=O)N1CCC(NC(=O)C(NC(=O)C2CCC(C(C)C)CC2)C(C)C)CC1. The highest BCUT2D eigenvalue weighted by Crippen LogP contribution is 2.33. The molecule has 1 aliphatic heterocycles. The molecular formula is C23H41N3O4. The third-order valence-electron chi connectivity index (χ3n) is 6.70. The molecule has 1 saturated carbocycles. The first-order valence-electron chi connectivity index (χ1n) is 11.7. The number of nitrogens with one attached hydrogen (secondary N) is 2. The van der Waals surface area contributed by atoms with Crippen LogP contribution in [0.4, 0.5) is 4.79 Å². The normalized spacial score (nSPS) is 23.9. The summed E-state index contributed by atoms with van der Waals surface area (Å²) in [6.45, 7) is 11.7. The van der Waals surface area contributed by atoms with Gasteiger partial charge in [-0.1, -0.05) is 27.7 Å². The number of carbonyl (C=O) groups excluding carboxylic acids is 3. The van der Waals surface area contributed by atoms with E-state index < -0.39 is 6.04 Å². The van der Waals surface area contributed by atoms with Crippen LogP contribution < -0.4 is 10.6 Å². The second-order valence-corrected chi connectivity index (χ2v) is 9.55. The largest absolute Gasteiger partial charge is 0.450 e. The minimum Gasteiger partial charge on any atom is -0.450 e. The Morgan fingerprint density at radius 3 is 2.07 bits per heavy atom. The van der Waals surface area contributed by atoms with Gasteiger partial charge < -0.3 is 20.3 Å². The number of hydrogen-bond acceptors (Lipinski definition) is 4. The third-order valence-corrected chi connectivity index (χ3v) is 6.70. The zero-order valence-corrected chi connectivity index (χ0v) is 19.4. The molecule has 2 N–H and O–H groups in total. The number of amides is 3. The molecule has 0 radical (unpaired) electrons. The van der Waals surface area contributed by atoms with Crippen molar-refractivity contribution in [2.45, 2.75) is 85.2 Å². The van der Waals surface area contributed by atoms with Crippen LogP contribution in [0.5, 0.6) is 0 Å². The first kappa shape index (κ1) is 24.5. The average molecular weight is 424 g/mol. The Morgan fingerprint density at radius 1 is 0.967 bits per heavy atom. The van der Waals surface area contributed by atoms with Crippen molar-refractivity contribution in [3.63, 3.8) is 0 Å². The lowest BCUT2D eigenvalue weighted by atomic mass is 9.76. The van der Waals surface area contributed by atoms with Crippen LogP contribution in [0, 0.1) is 23.7 Å². The Bertz CT molecular complexity index is 577. The van der Waals surface area contributed by atoms with Crippen molar-refractivity contribution in [3.8, 4) is 0 Å². The van der Waals surface area contributed by atoms with Crippen LogP contribution in [0.25, 0.3) is 0 Å². The molecular weight excluding hydrogens is 382 g/mol. The third kappa shape index (κ3) is 6.88. The molecule has 0 aromatic rings. The van der Waals surface area contributed by atoms with Gasteiger partial charge >= 0.3 is 6.09 Å². The summed E-state index contributed by atoms with van der Waals surface area (Å²) in [6.07, 6.45) is 5.11. The van der Waals surface area contributed by atoms with E-state index in [1.54, 1.807) is 11.8 Å². The van der Waals surface area contributed by atoms with Crippen molar-refractivity contribution in [1.82, 2.24) is 15.5 Å². The van der Waals surface area contributed by atoms with Crippen molar-refractivity contribution in [2.24, 2.45) is 23.7 Å². The van der Waals surface area contributed by atoms with Crippen molar-refractivity contribution in [3.05, 3.63) is 0 Å². The molecule has 1 atom stereocenters.